The van der Waals surface area contributed by atoms with Gasteiger partial charge < -0.3 is 19.9 Å². The van der Waals surface area contributed by atoms with Crippen molar-refractivity contribution >= 4 is 33.4 Å². The fourth-order valence-corrected chi connectivity index (χ4v) is 5.46. The molecule has 1 N–H and O–H groups in total. The predicted octanol–water partition coefficient (Wildman–Crippen LogP) is 3.55. The van der Waals surface area contributed by atoms with Crippen molar-refractivity contribution in [1.29, 1.82) is 0 Å². The molecule has 1 fully saturated rings. The number of ether oxygens (including phenoxy) is 1. The molecule has 1 heterocycles. The van der Waals surface area contributed by atoms with E-state index < -0.39 is 22.0 Å². The molecule has 0 atom stereocenters. The number of hydrogen-bond donors (Lipinski definition) is 1. The van der Waals surface area contributed by atoms with Gasteiger partial charge in [-0.25, -0.2) is 13.2 Å². The van der Waals surface area contributed by atoms with Gasteiger partial charge in [-0.1, -0.05) is 50.8 Å². The fraction of sp³-hybridized carbons (Fsp3) is 0.385. The third-order valence-electron chi connectivity index (χ3n) is 5.80. The van der Waals surface area contributed by atoms with E-state index in [9.17, 15) is 18.0 Å². The van der Waals surface area contributed by atoms with Crippen LogP contribution in [0.25, 0.3) is 0 Å². The van der Waals surface area contributed by atoms with Gasteiger partial charge in [-0.2, -0.15) is 4.31 Å². The summed E-state index contributed by atoms with van der Waals surface area (Å²) >= 11 is 0. The lowest BCUT2D eigenvalue weighted by Gasteiger charge is -2.33. The summed E-state index contributed by atoms with van der Waals surface area (Å²) in [6.07, 6.45) is 0.673. The zero-order valence-electron chi connectivity index (χ0n) is 21.0. The minimum absolute atomic E-state index is 0.0728. The van der Waals surface area contributed by atoms with Crippen LogP contribution in [0, 0.1) is 5.92 Å². The average molecular weight is 515 g/mol. The summed E-state index contributed by atoms with van der Waals surface area (Å²) in [6, 6.07) is 14.1. The summed E-state index contributed by atoms with van der Waals surface area (Å²) in [5, 5.41) is 2.73. The molecule has 194 valence electrons. The Morgan fingerprint density at radius 3 is 2.39 bits per heavy atom. The SMILES string of the molecule is C=CC(=O)Nc1cc(S(=O)(=O)N2CCN(C(=O)OCc3ccccc3)CC2)ccc1N(C)CC(C)C. The number of carbonyl (C=O) groups excluding carboxylic acids is 2. The van der Waals surface area contributed by atoms with Gasteiger partial charge in [0.25, 0.3) is 0 Å². The van der Waals surface area contributed by atoms with Gasteiger partial charge in [0.1, 0.15) is 6.61 Å². The van der Waals surface area contributed by atoms with E-state index in [1.807, 2.05) is 42.3 Å². The van der Waals surface area contributed by atoms with Gasteiger partial charge in [-0.3, -0.25) is 4.79 Å². The first-order valence-electron chi connectivity index (χ1n) is 11.9. The summed E-state index contributed by atoms with van der Waals surface area (Å²) in [6.45, 7) is 9.26. The maximum Gasteiger partial charge on any atom is 0.410 e. The molecule has 2 amide bonds. The van der Waals surface area contributed by atoms with Crippen LogP contribution in [0.3, 0.4) is 0 Å². The summed E-state index contributed by atoms with van der Waals surface area (Å²) in [5.41, 5.74) is 1.99. The molecule has 0 saturated carbocycles. The van der Waals surface area contributed by atoms with Gasteiger partial charge in [0.05, 0.1) is 16.3 Å². The molecule has 1 aliphatic heterocycles. The highest BCUT2D eigenvalue weighted by atomic mass is 32.2. The van der Waals surface area contributed by atoms with Crippen LogP contribution in [-0.2, 0) is 26.2 Å². The Labute approximate surface area is 213 Å². The zero-order chi connectivity index (χ0) is 26.3. The van der Waals surface area contributed by atoms with E-state index in [2.05, 4.69) is 25.7 Å². The number of carbonyl (C=O) groups is 2. The molecule has 36 heavy (non-hydrogen) atoms. The molecule has 10 heteroatoms. The van der Waals surface area contributed by atoms with Crippen LogP contribution in [0.5, 0.6) is 0 Å². The largest absolute Gasteiger partial charge is 0.445 e. The van der Waals surface area contributed by atoms with E-state index in [1.165, 1.54) is 15.3 Å². The normalized spacial score (nSPS) is 14.4. The van der Waals surface area contributed by atoms with Gasteiger partial charge in [-0.15, -0.1) is 0 Å². The third-order valence-corrected chi connectivity index (χ3v) is 7.70. The highest BCUT2D eigenvalue weighted by Crippen LogP contribution is 2.30. The van der Waals surface area contributed by atoms with E-state index >= 15 is 0 Å². The number of anilines is 2. The monoisotopic (exact) mass is 514 g/mol. The first-order valence-corrected chi connectivity index (χ1v) is 13.3. The quantitative estimate of drug-likeness (QED) is 0.514. The van der Waals surface area contributed by atoms with Crippen molar-refractivity contribution in [3.05, 3.63) is 66.7 Å². The van der Waals surface area contributed by atoms with Crippen LogP contribution in [0.1, 0.15) is 19.4 Å². The Morgan fingerprint density at radius 1 is 1.11 bits per heavy atom. The number of hydrogen-bond acceptors (Lipinski definition) is 6. The van der Waals surface area contributed by atoms with Crippen LogP contribution < -0.4 is 10.2 Å². The number of rotatable bonds is 9. The second-order valence-corrected chi connectivity index (χ2v) is 11.0. The van der Waals surface area contributed by atoms with E-state index in [0.29, 0.717) is 17.3 Å². The first-order chi connectivity index (χ1) is 17.1. The van der Waals surface area contributed by atoms with E-state index in [0.717, 1.165) is 18.2 Å². The van der Waals surface area contributed by atoms with Gasteiger partial charge in [0.2, 0.25) is 15.9 Å². The molecule has 1 aliphatic rings. The van der Waals surface area contributed by atoms with Crippen LogP contribution >= 0.6 is 0 Å². The molecular weight excluding hydrogens is 480 g/mol. The van der Waals surface area contributed by atoms with Gasteiger partial charge in [0.15, 0.2) is 0 Å². The van der Waals surface area contributed by atoms with E-state index in [1.54, 1.807) is 12.1 Å². The van der Waals surface area contributed by atoms with Crippen LogP contribution in [-0.4, -0.2) is 69.4 Å². The third kappa shape index (κ3) is 6.86. The predicted molar refractivity (Wildman–Crippen MR) is 140 cm³/mol. The minimum atomic E-state index is -3.84. The Bertz CT molecular complexity index is 1180. The Balaban J connectivity index is 1.70. The van der Waals surface area contributed by atoms with Crippen molar-refractivity contribution in [3.63, 3.8) is 0 Å². The summed E-state index contributed by atoms with van der Waals surface area (Å²) in [5.74, 6) is -0.0524. The summed E-state index contributed by atoms with van der Waals surface area (Å²) < 4.78 is 33.5. The number of nitrogens with one attached hydrogen (secondary N) is 1. The number of sulfonamides is 1. The molecule has 9 nitrogen and oxygen atoms in total. The lowest BCUT2D eigenvalue weighted by molar-refractivity contribution is -0.111. The van der Waals surface area contributed by atoms with Gasteiger partial charge in [-0.05, 0) is 35.8 Å². The molecule has 1 saturated heterocycles. The second kappa shape index (κ2) is 12.0. The molecule has 0 bridgehead atoms. The molecule has 2 aromatic carbocycles. The van der Waals surface area contributed by atoms with E-state index in [4.69, 9.17) is 4.74 Å². The lowest BCUT2D eigenvalue weighted by Crippen LogP contribution is -2.50. The van der Waals surface area contributed by atoms with Crippen molar-refractivity contribution in [3.8, 4) is 0 Å². The first kappa shape index (κ1) is 27.2. The smallest absolute Gasteiger partial charge is 0.410 e. The maximum absolute atomic E-state index is 13.4. The summed E-state index contributed by atoms with van der Waals surface area (Å²) in [4.78, 5) is 28.0. The molecule has 0 radical (unpaired) electrons. The average Bonchev–Trinajstić information content (AvgIpc) is 2.87. The maximum atomic E-state index is 13.4. The van der Waals surface area contributed by atoms with Crippen LogP contribution in [0.15, 0.2) is 66.1 Å². The standard InChI is InChI=1S/C26H34N4O5S/c1-5-25(31)27-23-17-22(11-12-24(23)28(4)18-20(2)3)36(33,34)30-15-13-29(14-16-30)26(32)35-19-21-9-7-6-8-10-21/h5-12,17,20H,1,13-16,18-19H2,2-4H3,(H,27,31). The molecule has 0 spiro atoms. The topological polar surface area (TPSA) is 99.3 Å². The second-order valence-electron chi connectivity index (χ2n) is 9.08. The van der Waals surface area contributed by atoms with Gasteiger partial charge >= 0.3 is 6.09 Å². The van der Waals surface area contributed by atoms with Crippen molar-refractivity contribution in [1.82, 2.24) is 9.21 Å². The molecular formula is C26H34N4O5S. The number of piperazine rings is 1. The van der Waals surface area contributed by atoms with Crippen molar-refractivity contribution in [2.45, 2.75) is 25.3 Å². The minimum Gasteiger partial charge on any atom is -0.445 e. The zero-order valence-corrected chi connectivity index (χ0v) is 21.8. The lowest BCUT2D eigenvalue weighted by atomic mass is 10.2. The van der Waals surface area contributed by atoms with Gasteiger partial charge in [0, 0.05) is 39.8 Å². The fourth-order valence-electron chi connectivity index (χ4n) is 4.01. The number of amides is 2. The molecule has 3 rings (SSSR count). The van der Waals surface area contributed by atoms with Crippen molar-refractivity contribution in [2.24, 2.45) is 5.92 Å². The van der Waals surface area contributed by atoms with Crippen molar-refractivity contribution < 1.29 is 22.7 Å². The molecule has 0 unspecified atom stereocenters. The van der Waals surface area contributed by atoms with Crippen LogP contribution in [0.4, 0.5) is 16.2 Å². The highest BCUT2D eigenvalue weighted by Gasteiger charge is 2.31. The number of nitrogens with zero attached hydrogens (tertiary/aromatic N) is 3. The Morgan fingerprint density at radius 2 is 1.78 bits per heavy atom. The van der Waals surface area contributed by atoms with E-state index in [-0.39, 0.29) is 37.7 Å². The Kier molecular flexibility index (Phi) is 9.11. The Hall–Kier alpha value is -3.37. The van der Waals surface area contributed by atoms with Crippen molar-refractivity contribution in [2.75, 3.05) is 50.0 Å². The molecule has 0 aromatic heterocycles. The summed E-state index contributed by atoms with van der Waals surface area (Å²) in [7, 11) is -1.95. The number of benzene rings is 2. The van der Waals surface area contributed by atoms with Crippen LogP contribution in [0.2, 0.25) is 0 Å². The molecule has 2 aromatic rings. The molecule has 0 aliphatic carbocycles. The highest BCUT2D eigenvalue weighted by molar-refractivity contribution is 7.89.